The summed E-state index contributed by atoms with van der Waals surface area (Å²) < 4.78 is 28.4. The van der Waals surface area contributed by atoms with Crippen LogP contribution in [0.2, 0.25) is 0 Å². The maximum Gasteiger partial charge on any atom is 0.232 e. The number of nitriles is 1. The predicted octanol–water partition coefficient (Wildman–Crippen LogP) is 4.33. The third-order valence-corrected chi connectivity index (χ3v) is 5.49. The minimum Gasteiger partial charge on any atom is -0.337 e. The Labute approximate surface area is 195 Å². The summed E-state index contributed by atoms with van der Waals surface area (Å²) in [5.41, 5.74) is 2.76. The molecule has 0 atom stereocenters. The molecule has 0 spiro atoms. The van der Waals surface area contributed by atoms with Crippen molar-refractivity contribution in [2.24, 2.45) is 0 Å². The molecule has 10 heteroatoms. The van der Waals surface area contributed by atoms with Crippen LogP contribution in [0.4, 0.5) is 32.1 Å². The first-order valence-electron chi connectivity index (χ1n) is 10.5. The Bertz CT molecular complexity index is 1330. The fourth-order valence-electron chi connectivity index (χ4n) is 3.70. The van der Waals surface area contributed by atoms with E-state index in [0.717, 1.165) is 11.3 Å². The lowest BCUT2D eigenvalue weighted by Crippen LogP contribution is -2.30. The minimum absolute atomic E-state index is 0.156. The fraction of sp³-hybridized carbons (Fsp3) is 0.208. The van der Waals surface area contributed by atoms with Crippen LogP contribution in [0.5, 0.6) is 0 Å². The Morgan fingerprint density at radius 3 is 2.65 bits per heavy atom. The molecule has 1 aromatic heterocycles. The van der Waals surface area contributed by atoms with Gasteiger partial charge in [0.15, 0.2) is 11.6 Å². The number of hydrogen-bond acceptors (Lipinski definition) is 7. The van der Waals surface area contributed by atoms with E-state index in [-0.39, 0.29) is 17.0 Å². The number of aromatic nitrogens is 3. The molecular formula is C24H21F2N7O. The highest BCUT2D eigenvalue weighted by atomic mass is 19.2. The van der Waals surface area contributed by atoms with Crippen molar-refractivity contribution in [1.29, 1.82) is 5.26 Å². The van der Waals surface area contributed by atoms with E-state index in [1.165, 1.54) is 25.4 Å². The van der Waals surface area contributed by atoms with Crippen molar-refractivity contribution in [2.75, 3.05) is 28.6 Å². The van der Waals surface area contributed by atoms with Crippen LogP contribution in [0.25, 0.3) is 5.57 Å². The summed E-state index contributed by atoms with van der Waals surface area (Å²) in [5, 5.41) is 14.8. The van der Waals surface area contributed by atoms with Gasteiger partial charge in [-0.05, 0) is 42.7 Å². The van der Waals surface area contributed by atoms with Crippen molar-refractivity contribution in [3.05, 3.63) is 71.1 Å². The summed E-state index contributed by atoms with van der Waals surface area (Å²) in [6.07, 6.45) is 3.65. The molecule has 1 aliphatic rings. The summed E-state index contributed by atoms with van der Waals surface area (Å²) in [6, 6.07) is 9.83. The number of nitrogens with one attached hydrogen (secondary N) is 2. The van der Waals surface area contributed by atoms with E-state index in [4.69, 9.17) is 5.26 Å². The van der Waals surface area contributed by atoms with E-state index >= 15 is 0 Å². The Kier molecular flexibility index (Phi) is 6.45. The number of nitrogens with zero attached hydrogens (tertiary/aromatic N) is 5. The number of benzene rings is 2. The van der Waals surface area contributed by atoms with Crippen LogP contribution in [0.15, 0.2) is 42.7 Å². The van der Waals surface area contributed by atoms with Crippen molar-refractivity contribution < 1.29 is 13.6 Å². The number of amides is 1. The van der Waals surface area contributed by atoms with Gasteiger partial charge in [-0.25, -0.2) is 18.7 Å². The lowest BCUT2D eigenvalue weighted by Gasteiger charge is -2.27. The molecule has 172 valence electrons. The van der Waals surface area contributed by atoms with Gasteiger partial charge in [-0.1, -0.05) is 18.2 Å². The van der Waals surface area contributed by atoms with Gasteiger partial charge in [-0.2, -0.15) is 10.2 Å². The van der Waals surface area contributed by atoms with Crippen molar-refractivity contribution in [3.63, 3.8) is 0 Å². The predicted molar refractivity (Wildman–Crippen MR) is 124 cm³/mol. The van der Waals surface area contributed by atoms with Crippen molar-refractivity contribution in [1.82, 2.24) is 15.0 Å². The van der Waals surface area contributed by atoms with E-state index in [9.17, 15) is 13.6 Å². The molecule has 0 aliphatic carbocycles. The molecule has 0 fully saturated rings. The van der Waals surface area contributed by atoms with Gasteiger partial charge in [0.1, 0.15) is 12.4 Å². The topological polar surface area (TPSA) is 107 Å². The standard InChI is InChI=1S/C24H21F2N7O/c1-14-19(30-15(2)34)4-3-5-20(14)31-23-28-13-29-24(32-23)33-10-8-16(9-11-33)18-7-6-17(12-27)21(25)22(18)26/h3-8,13H,9-11H2,1-2H3,(H,30,34)(H,28,29,31,32). The molecule has 2 heterocycles. The molecule has 1 amide bonds. The second-order valence-corrected chi connectivity index (χ2v) is 7.72. The quantitative estimate of drug-likeness (QED) is 0.583. The summed E-state index contributed by atoms with van der Waals surface area (Å²) in [6.45, 7) is 4.21. The van der Waals surface area contributed by atoms with E-state index in [1.807, 2.05) is 24.0 Å². The second-order valence-electron chi connectivity index (χ2n) is 7.72. The van der Waals surface area contributed by atoms with Gasteiger partial charge < -0.3 is 15.5 Å². The molecule has 0 unspecified atom stereocenters. The smallest absolute Gasteiger partial charge is 0.232 e. The first-order valence-corrected chi connectivity index (χ1v) is 10.5. The van der Waals surface area contributed by atoms with Gasteiger partial charge in [0, 0.05) is 37.0 Å². The maximum absolute atomic E-state index is 14.4. The number of carbonyl (C=O) groups excluding carboxylic acids is 1. The Balaban J connectivity index is 1.51. The van der Waals surface area contributed by atoms with Crippen LogP contribution < -0.4 is 15.5 Å². The van der Waals surface area contributed by atoms with Crippen LogP contribution in [0.3, 0.4) is 0 Å². The molecule has 8 nitrogen and oxygen atoms in total. The highest BCUT2D eigenvalue weighted by Gasteiger charge is 2.21. The van der Waals surface area contributed by atoms with Crippen LogP contribution in [0, 0.1) is 29.9 Å². The first-order chi connectivity index (χ1) is 16.4. The molecule has 2 N–H and O–H groups in total. The van der Waals surface area contributed by atoms with Crippen LogP contribution in [-0.4, -0.2) is 33.9 Å². The molecular weight excluding hydrogens is 440 g/mol. The van der Waals surface area contributed by atoms with Crippen LogP contribution >= 0.6 is 0 Å². The Morgan fingerprint density at radius 1 is 1.15 bits per heavy atom. The molecule has 4 rings (SSSR count). The number of hydrogen-bond donors (Lipinski definition) is 2. The van der Waals surface area contributed by atoms with Crippen LogP contribution in [-0.2, 0) is 4.79 Å². The maximum atomic E-state index is 14.4. The second kappa shape index (κ2) is 9.62. The molecule has 2 aromatic carbocycles. The summed E-state index contributed by atoms with van der Waals surface area (Å²) >= 11 is 0. The Morgan fingerprint density at radius 2 is 1.94 bits per heavy atom. The normalized spacial score (nSPS) is 13.1. The van der Waals surface area contributed by atoms with Crippen molar-refractivity contribution in [3.8, 4) is 6.07 Å². The van der Waals surface area contributed by atoms with Crippen molar-refractivity contribution in [2.45, 2.75) is 20.3 Å². The van der Waals surface area contributed by atoms with E-state index in [1.54, 1.807) is 18.2 Å². The third-order valence-electron chi connectivity index (χ3n) is 5.49. The average molecular weight is 461 g/mol. The van der Waals surface area contributed by atoms with Gasteiger partial charge in [-0.3, -0.25) is 4.79 Å². The molecule has 0 bridgehead atoms. The first kappa shape index (κ1) is 22.8. The molecule has 0 radical (unpaired) electrons. The lowest BCUT2D eigenvalue weighted by atomic mass is 9.97. The SMILES string of the molecule is CC(=O)Nc1cccc(Nc2ncnc(N3CC=C(c4ccc(C#N)c(F)c4F)CC3)n2)c1C. The monoisotopic (exact) mass is 461 g/mol. The largest absolute Gasteiger partial charge is 0.337 e. The number of carbonyl (C=O) groups is 1. The average Bonchev–Trinajstić information content (AvgIpc) is 2.83. The lowest BCUT2D eigenvalue weighted by molar-refractivity contribution is -0.114. The molecule has 3 aromatic rings. The molecule has 34 heavy (non-hydrogen) atoms. The van der Waals surface area contributed by atoms with Gasteiger partial charge in [0.05, 0.1) is 5.56 Å². The zero-order chi connectivity index (χ0) is 24.2. The summed E-state index contributed by atoms with van der Waals surface area (Å²) in [5.74, 6) is -1.53. The van der Waals surface area contributed by atoms with Gasteiger partial charge in [0.25, 0.3) is 0 Å². The zero-order valence-electron chi connectivity index (χ0n) is 18.6. The molecule has 0 saturated carbocycles. The van der Waals surface area contributed by atoms with Crippen molar-refractivity contribution >= 4 is 34.8 Å². The minimum atomic E-state index is -1.13. The highest BCUT2D eigenvalue weighted by Crippen LogP contribution is 2.29. The summed E-state index contributed by atoms with van der Waals surface area (Å²) in [7, 11) is 0. The fourth-order valence-corrected chi connectivity index (χ4v) is 3.70. The van der Waals surface area contributed by atoms with E-state index in [2.05, 4.69) is 25.6 Å². The van der Waals surface area contributed by atoms with E-state index < -0.39 is 11.6 Å². The van der Waals surface area contributed by atoms with Gasteiger partial charge >= 0.3 is 0 Å². The number of anilines is 4. The van der Waals surface area contributed by atoms with Crippen LogP contribution in [0.1, 0.15) is 30.0 Å². The zero-order valence-corrected chi connectivity index (χ0v) is 18.6. The third kappa shape index (κ3) is 4.68. The number of rotatable bonds is 5. The highest BCUT2D eigenvalue weighted by molar-refractivity contribution is 5.90. The van der Waals surface area contributed by atoms with Gasteiger partial charge in [-0.15, -0.1) is 0 Å². The number of halogens is 2. The summed E-state index contributed by atoms with van der Waals surface area (Å²) in [4.78, 5) is 26.2. The molecule has 0 saturated heterocycles. The Hall–Kier alpha value is -4.39. The van der Waals surface area contributed by atoms with E-state index in [0.29, 0.717) is 42.7 Å². The molecule has 1 aliphatic heterocycles. The van der Waals surface area contributed by atoms with Gasteiger partial charge in [0.2, 0.25) is 17.8 Å².